The quantitative estimate of drug-likeness (QED) is 0.310. The highest BCUT2D eigenvalue weighted by molar-refractivity contribution is 5.97. The van der Waals surface area contributed by atoms with Crippen LogP contribution in [0.2, 0.25) is 0 Å². The van der Waals surface area contributed by atoms with E-state index in [1.165, 1.54) is 6.20 Å². The van der Waals surface area contributed by atoms with Crippen LogP contribution in [0.25, 0.3) is 22.0 Å². The number of aromatic hydroxyl groups is 1. The van der Waals surface area contributed by atoms with Crippen LogP contribution in [-0.4, -0.2) is 67.8 Å². The minimum absolute atomic E-state index is 0.0335. The molecule has 3 aromatic rings. The van der Waals surface area contributed by atoms with Gasteiger partial charge < -0.3 is 45.7 Å². The standard InChI is InChI=1S/C21H24N2O7/c22-7-10-1-3-11(4-2-10)12-5-6-13-16(17(12)25)14(8-23-13)29-21-20(28)19(27)18(26)15(9-24)30-21/h1-6,8,15,18-21,23-28H,7,9,22H2. The second kappa shape index (κ2) is 8.23. The number of fused-ring (bicyclic) bond motifs is 1. The van der Waals surface area contributed by atoms with Crippen LogP contribution in [0.3, 0.4) is 0 Å². The van der Waals surface area contributed by atoms with Gasteiger partial charge in [-0.1, -0.05) is 24.3 Å². The first kappa shape index (κ1) is 20.6. The molecule has 5 atom stereocenters. The Morgan fingerprint density at radius 2 is 1.73 bits per heavy atom. The van der Waals surface area contributed by atoms with Crippen LogP contribution in [0.4, 0.5) is 0 Å². The van der Waals surface area contributed by atoms with Crippen molar-refractivity contribution in [2.75, 3.05) is 6.61 Å². The molecule has 8 N–H and O–H groups in total. The minimum Gasteiger partial charge on any atom is -0.506 e. The zero-order valence-electron chi connectivity index (χ0n) is 16.0. The smallest absolute Gasteiger partial charge is 0.229 e. The van der Waals surface area contributed by atoms with Gasteiger partial charge in [0.15, 0.2) is 5.75 Å². The maximum atomic E-state index is 10.9. The number of nitrogens with two attached hydrogens (primary N) is 1. The molecule has 0 radical (unpaired) electrons. The molecule has 9 heteroatoms. The third-order valence-electron chi connectivity index (χ3n) is 5.38. The number of aromatic amines is 1. The summed E-state index contributed by atoms with van der Waals surface area (Å²) in [6.45, 7) is -0.146. The van der Waals surface area contributed by atoms with Gasteiger partial charge in [0.2, 0.25) is 6.29 Å². The molecule has 30 heavy (non-hydrogen) atoms. The van der Waals surface area contributed by atoms with Crippen LogP contribution in [0.1, 0.15) is 5.56 Å². The van der Waals surface area contributed by atoms with Gasteiger partial charge in [-0.05, 0) is 23.3 Å². The van der Waals surface area contributed by atoms with Gasteiger partial charge in [0.1, 0.15) is 30.2 Å². The Morgan fingerprint density at radius 1 is 1.00 bits per heavy atom. The summed E-state index contributed by atoms with van der Waals surface area (Å²) in [6, 6.07) is 11.0. The van der Waals surface area contributed by atoms with E-state index >= 15 is 0 Å². The van der Waals surface area contributed by atoms with E-state index in [0.29, 0.717) is 23.0 Å². The maximum absolute atomic E-state index is 10.9. The second-order valence-electron chi connectivity index (χ2n) is 7.25. The van der Waals surface area contributed by atoms with Crippen molar-refractivity contribution in [2.45, 2.75) is 37.3 Å². The Labute approximate surface area is 171 Å². The predicted molar refractivity (Wildman–Crippen MR) is 108 cm³/mol. The molecule has 0 bridgehead atoms. The van der Waals surface area contributed by atoms with Crippen molar-refractivity contribution in [3.63, 3.8) is 0 Å². The number of nitrogens with one attached hydrogen (secondary N) is 1. The van der Waals surface area contributed by atoms with Crippen molar-refractivity contribution in [2.24, 2.45) is 5.73 Å². The molecule has 1 aliphatic rings. The van der Waals surface area contributed by atoms with E-state index in [9.17, 15) is 25.5 Å². The molecule has 2 aromatic carbocycles. The summed E-state index contributed by atoms with van der Waals surface area (Å²) in [4.78, 5) is 2.98. The molecule has 1 aliphatic heterocycles. The predicted octanol–water partition coefficient (Wildman–Crippen LogP) is 0.178. The van der Waals surface area contributed by atoms with E-state index in [0.717, 1.165) is 11.1 Å². The van der Waals surface area contributed by atoms with Crippen molar-refractivity contribution in [3.8, 4) is 22.6 Å². The number of H-pyrrole nitrogens is 1. The number of aliphatic hydroxyl groups is 4. The monoisotopic (exact) mass is 416 g/mol. The molecular formula is C21H24N2O7. The molecule has 9 nitrogen and oxygen atoms in total. The molecule has 1 fully saturated rings. The summed E-state index contributed by atoms with van der Waals surface area (Å²) in [5, 5.41) is 50.7. The molecule has 0 saturated carbocycles. The van der Waals surface area contributed by atoms with Crippen molar-refractivity contribution in [3.05, 3.63) is 48.2 Å². The average molecular weight is 416 g/mol. The van der Waals surface area contributed by atoms with Gasteiger partial charge in [-0.3, -0.25) is 0 Å². The lowest BCUT2D eigenvalue weighted by Crippen LogP contribution is -2.60. The van der Waals surface area contributed by atoms with Gasteiger partial charge in [-0.15, -0.1) is 0 Å². The van der Waals surface area contributed by atoms with E-state index < -0.39 is 37.3 Å². The van der Waals surface area contributed by atoms with Crippen LogP contribution in [0.15, 0.2) is 42.6 Å². The van der Waals surface area contributed by atoms with Crippen LogP contribution in [0.5, 0.6) is 11.5 Å². The molecule has 0 aliphatic carbocycles. The number of hydrogen-bond donors (Lipinski definition) is 7. The lowest BCUT2D eigenvalue weighted by Gasteiger charge is -2.39. The zero-order valence-corrected chi connectivity index (χ0v) is 16.0. The first-order valence-corrected chi connectivity index (χ1v) is 9.54. The lowest BCUT2D eigenvalue weighted by molar-refractivity contribution is -0.277. The first-order valence-electron chi connectivity index (χ1n) is 9.54. The summed E-state index contributed by atoms with van der Waals surface area (Å²) in [5.41, 5.74) is 8.55. The highest BCUT2D eigenvalue weighted by atomic mass is 16.7. The molecule has 4 rings (SSSR count). The number of ether oxygens (including phenoxy) is 2. The number of phenolic OH excluding ortho intramolecular Hbond substituents is 1. The second-order valence-corrected chi connectivity index (χ2v) is 7.25. The highest BCUT2D eigenvalue weighted by Gasteiger charge is 2.45. The van der Waals surface area contributed by atoms with Gasteiger partial charge in [0.25, 0.3) is 0 Å². The number of aromatic nitrogens is 1. The molecular weight excluding hydrogens is 392 g/mol. The van der Waals surface area contributed by atoms with Gasteiger partial charge in [0.05, 0.1) is 17.5 Å². The van der Waals surface area contributed by atoms with Gasteiger partial charge in [-0.25, -0.2) is 0 Å². The summed E-state index contributed by atoms with van der Waals surface area (Å²) in [6.07, 6.45) is -5.55. The largest absolute Gasteiger partial charge is 0.506 e. The Balaban J connectivity index is 1.68. The number of benzene rings is 2. The van der Waals surface area contributed by atoms with Crippen molar-refractivity contribution in [1.29, 1.82) is 0 Å². The lowest BCUT2D eigenvalue weighted by atomic mass is 9.99. The van der Waals surface area contributed by atoms with Crippen LogP contribution < -0.4 is 10.5 Å². The fourth-order valence-electron chi connectivity index (χ4n) is 3.61. The maximum Gasteiger partial charge on any atom is 0.229 e. The van der Waals surface area contributed by atoms with E-state index in [1.54, 1.807) is 12.1 Å². The summed E-state index contributed by atoms with van der Waals surface area (Å²) in [7, 11) is 0. The zero-order chi connectivity index (χ0) is 21.4. The number of aliphatic hydroxyl groups excluding tert-OH is 4. The Morgan fingerprint density at radius 3 is 2.40 bits per heavy atom. The SMILES string of the molecule is NCc1ccc(-c2ccc3[nH]cc(OC4OC(CO)C(O)C(O)C4O)c3c2O)cc1. The molecule has 1 saturated heterocycles. The molecule has 0 amide bonds. The summed E-state index contributed by atoms with van der Waals surface area (Å²) >= 11 is 0. The van der Waals surface area contributed by atoms with Gasteiger partial charge >= 0.3 is 0 Å². The van der Waals surface area contributed by atoms with Crippen LogP contribution in [0, 0.1) is 0 Å². The number of hydrogen-bond acceptors (Lipinski definition) is 8. The molecule has 160 valence electrons. The molecule has 0 spiro atoms. The average Bonchev–Trinajstić information content (AvgIpc) is 3.18. The number of phenols is 1. The molecule has 5 unspecified atom stereocenters. The van der Waals surface area contributed by atoms with Crippen LogP contribution in [-0.2, 0) is 11.3 Å². The van der Waals surface area contributed by atoms with Gasteiger partial charge in [0, 0.05) is 18.3 Å². The summed E-state index contributed by atoms with van der Waals surface area (Å²) in [5.74, 6) is 0.154. The van der Waals surface area contributed by atoms with E-state index in [4.69, 9.17) is 15.2 Å². The van der Waals surface area contributed by atoms with Crippen molar-refractivity contribution >= 4 is 10.9 Å². The highest BCUT2D eigenvalue weighted by Crippen LogP contribution is 2.41. The summed E-state index contributed by atoms with van der Waals surface area (Å²) < 4.78 is 11.1. The minimum atomic E-state index is -1.56. The third kappa shape index (κ3) is 3.52. The topological polar surface area (TPSA) is 161 Å². The van der Waals surface area contributed by atoms with E-state index in [1.807, 2.05) is 24.3 Å². The van der Waals surface area contributed by atoms with Crippen molar-refractivity contribution < 1.29 is 35.0 Å². The third-order valence-corrected chi connectivity index (χ3v) is 5.38. The normalized spacial score (nSPS) is 26.8. The Kier molecular flexibility index (Phi) is 5.65. The Hall–Kier alpha value is -2.66. The molecule has 2 heterocycles. The first-order chi connectivity index (χ1) is 14.4. The van der Waals surface area contributed by atoms with Crippen molar-refractivity contribution in [1.82, 2.24) is 4.98 Å². The van der Waals surface area contributed by atoms with E-state index in [-0.39, 0.29) is 11.5 Å². The molecule has 1 aromatic heterocycles. The Bertz CT molecular complexity index is 1020. The fourth-order valence-corrected chi connectivity index (χ4v) is 3.61. The number of rotatable bonds is 5. The van der Waals surface area contributed by atoms with Crippen LogP contribution >= 0.6 is 0 Å². The van der Waals surface area contributed by atoms with Gasteiger partial charge in [-0.2, -0.15) is 0 Å². The van der Waals surface area contributed by atoms with E-state index in [2.05, 4.69) is 4.98 Å². The fraction of sp³-hybridized carbons (Fsp3) is 0.333.